The van der Waals surface area contributed by atoms with E-state index < -0.39 is 12.0 Å². The van der Waals surface area contributed by atoms with Crippen LogP contribution in [0.3, 0.4) is 0 Å². The molecule has 1 aromatic carbocycles. The maximum absolute atomic E-state index is 11.3. The van der Waals surface area contributed by atoms with Crippen LogP contribution in [0, 0.1) is 4.84 Å². The van der Waals surface area contributed by atoms with E-state index in [4.69, 9.17) is 31.8 Å². The Morgan fingerprint density at radius 2 is 2.20 bits per heavy atom. The van der Waals surface area contributed by atoms with Crippen molar-refractivity contribution in [3.63, 3.8) is 0 Å². The van der Waals surface area contributed by atoms with Crippen LogP contribution in [0.25, 0.3) is 0 Å². The SMILES string of the molecule is COc1ccc(Cc2nn(CN3CCOC(C(N)=O)C3)c(=S)o2)cc1. The highest BCUT2D eigenvalue weighted by Crippen LogP contribution is 2.15. The summed E-state index contributed by atoms with van der Waals surface area (Å²) in [4.78, 5) is 13.6. The van der Waals surface area contributed by atoms with Crippen LogP contribution in [-0.2, 0) is 22.6 Å². The number of methoxy groups -OCH3 is 1. The lowest BCUT2D eigenvalue weighted by atomic mass is 10.1. The van der Waals surface area contributed by atoms with Crippen molar-refractivity contribution < 1.29 is 18.7 Å². The van der Waals surface area contributed by atoms with Crippen molar-refractivity contribution in [1.29, 1.82) is 0 Å². The largest absolute Gasteiger partial charge is 0.497 e. The summed E-state index contributed by atoms with van der Waals surface area (Å²) in [6.45, 7) is 1.96. The Kier molecular flexibility index (Phi) is 5.47. The summed E-state index contributed by atoms with van der Waals surface area (Å²) >= 11 is 5.24. The monoisotopic (exact) mass is 364 g/mol. The van der Waals surface area contributed by atoms with Crippen LogP contribution in [0.2, 0.25) is 0 Å². The highest BCUT2D eigenvalue weighted by atomic mass is 32.1. The van der Waals surface area contributed by atoms with Gasteiger partial charge in [0.05, 0.1) is 26.8 Å². The van der Waals surface area contributed by atoms with E-state index in [9.17, 15) is 4.79 Å². The third kappa shape index (κ3) is 4.44. The number of amides is 1. The van der Waals surface area contributed by atoms with Crippen molar-refractivity contribution in [2.24, 2.45) is 5.73 Å². The van der Waals surface area contributed by atoms with Crippen LogP contribution in [0.4, 0.5) is 0 Å². The molecule has 1 fully saturated rings. The predicted molar refractivity (Wildman–Crippen MR) is 91.6 cm³/mol. The normalized spacial score (nSPS) is 18.2. The van der Waals surface area contributed by atoms with Gasteiger partial charge in [-0.1, -0.05) is 12.1 Å². The first-order valence-corrected chi connectivity index (χ1v) is 8.29. The number of aromatic nitrogens is 2. The third-order valence-corrected chi connectivity index (χ3v) is 4.26. The van der Waals surface area contributed by atoms with Gasteiger partial charge in [-0.05, 0) is 29.9 Å². The Bertz CT molecular complexity index is 786. The lowest BCUT2D eigenvalue weighted by Crippen LogP contribution is -2.48. The molecule has 0 spiro atoms. The van der Waals surface area contributed by atoms with Crippen molar-refractivity contribution in [2.75, 3.05) is 26.8 Å². The van der Waals surface area contributed by atoms with Gasteiger partial charge in [-0.3, -0.25) is 9.69 Å². The Hall–Kier alpha value is -2.23. The van der Waals surface area contributed by atoms with Gasteiger partial charge in [0.25, 0.3) is 4.84 Å². The molecule has 2 N–H and O–H groups in total. The molecule has 1 saturated heterocycles. The van der Waals surface area contributed by atoms with Crippen LogP contribution in [0.15, 0.2) is 28.7 Å². The first-order valence-electron chi connectivity index (χ1n) is 7.88. The van der Waals surface area contributed by atoms with Crippen LogP contribution in [0.5, 0.6) is 5.75 Å². The molecule has 1 atom stereocenters. The molecular formula is C16H20N4O4S. The van der Waals surface area contributed by atoms with E-state index in [2.05, 4.69) is 5.10 Å². The molecule has 9 heteroatoms. The number of nitrogens with two attached hydrogens (primary N) is 1. The van der Waals surface area contributed by atoms with Crippen molar-refractivity contribution >= 4 is 18.1 Å². The van der Waals surface area contributed by atoms with E-state index in [0.29, 0.717) is 43.5 Å². The number of morpholine rings is 1. The molecule has 0 bridgehead atoms. The second-order valence-electron chi connectivity index (χ2n) is 5.77. The predicted octanol–water partition coefficient (Wildman–Crippen LogP) is 0.949. The molecule has 0 saturated carbocycles. The lowest BCUT2D eigenvalue weighted by Gasteiger charge is -2.30. The average molecular weight is 364 g/mol. The second-order valence-corrected chi connectivity index (χ2v) is 6.12. The van der Waals surface area contributed by atoms with E-state index in [1.807, 2.05) is 29.2 Å². The molecule has 1 aliphatic heterocycles. The fraction of sp³-hybridized carbons (Fsp3) is 0.438. The maximum Gasteiger partial charge on any atom is 0.288 e. The fourth-order valence-corrected chi connectivity index (χ4v) is 2.82. The van der Waals surface area contributed by atoms with E-state index in [1.54, 1.807) is 11.8 Å². The number of nitrogens with zero attached hydrogens (tertiary/aromatic N) is 3. The number of carbonyl (C=O) groups excluding carboxylic acids is 1. The van der Waals surface area contributed by atoms with E-state index in [1.165, 1.54) is 0 Å². The van der Waals surface area contributed by atoms with E-state index >= 15 is 0 Å². The number of rotatable bonds is 6. The highest BCUT2D eigenvalue weighted by molar-refractivity contribution is 7.71. The standard InChI is InChI=1S/C16H20N4O4S/c1-22-12-4-2-11(3-5-12)8-14-18-20(16(25)24-14)10-19-6-7-23-13(9-19)15(17)21/h2-5,13H,6-10H2,1H3,(H2,17,21). The van der Waals surface area contributed by atoms with Gasteiger partial charge >= 0.3 is 0 Å². The quantitative estimate of drug-likeness (QED) is 0.762. The minimum absolute atomic E-state index is 0.297. The van der Waals surface area contributed by atoms with Gasteiger partial charge in [-0.2, -0.15) is 0 Å². The molecule has 1 aromatic heterocycles. The molecule has 25 heavy (non-hydrogen) atoms. The van der Waals surface area contributed by atoms with Crippen LogP contribution < -0.4 is 10.5 Å². The molecule has 1 amide bonds. The Morgan fingerprint density at radius 3 is 2.88 bits per heavy atom. The summed E-state index contributed by atoms with van der Waals surface area (Å²) in [6, 6.07) is 7.68. The zero-order valence-electron chi connectivity index (χ0n) is 13.9. The van der Waals surface area contributed by atoms with Gasteiger partial charge < -0.3 is 19.6 Å². The molecule has 2 aromatic rings. The smallest absolute Gasteiger partial charge is 0.288 e. The summed E-state index contributed by atoms with van der Waals surface area (Å²) in [5.41, 5.74) is 6.35. The number of carbonyl (C=O) groups is 1. The number of primary amides is 1. The topological polar surface area (TPSA) is 95.7 Å². The van der Waals surface area contributed by atoms with Gasteiger partial charge in [0.2, 0.25) is 11.8 Å². The molecule has 1 unspecified atom stereocenters. The zero-order valence-corrected chi connectivity index (χ0v) is 14.7. The first kappa shape index (κ1) is 17.6. The lowest BCUT2D eigenvalue weighted by molar-refractivity contribution is -0.136. The minimum atomic E-state index is -0.603. The molecule has 0 radical (unpaired) electrons. The van der Waals surface area contributed by atoms with Gasteiger partial charge in [-0.15, -0.1) is 5.10 Å². The van der Waals surface area contributed by atoms with E-state index in [-0.39, 0.29) is 0 Å². The van der Waals surface area contributed by atoms with Crippen LogP contribution in [-0.4, -0.2) is 53.5 Å². The summed E-state index contributed by atoms with van der Waals surface area (Å²) in [5.74, 6) is 0.870. The van der Waals surface area contributed by atoms with Crippen molar-refractivity contribution in [3.8, 4) is 5.75 Å². The molecule has 2 heterocycles. The highest BCUT2D eigenvalue weighted by Gasteiger charge is 2.25. The van der Waals surface area contributed by atoms with E-state index in [0.717, 1.165) is 11.3 Å². The average Bonchev–Trinajstić information content (AvgIpc) is 2.95. The summed E-state index contributed by atoms with van der Waals surface area (Å²) in [6.07, 6.45) is -0.0678. The summed E-state index contributed by atoms with van der Waals surface area (Å²) < 4.78 is 17.7. The number of hydrogen-bond donors (Lipinski definition) is 1. The summed E-state index contributed by atoms with van der Waals surface area (Å²) in [7, 11) is 1.63. The molecule has 8 nitrogen and oxygen atoms in total. The van der Waals surface area contributed by atoms with Crippen molar-refractivity contribution in [2.45, 2.75) is 19.2 Å². The van der Waals surface area contributed by atoms with Gasteiger partial charge in [0.1, 0.15) is 11.9 Å². The first-order chi connectivity index (χ1) is 12.0. The number of hydrogen-bond acceptors (Lipinski definition) is 7. The molecular weight excluding hydrogens is 344 g/mol. The van der Waals surface area contributed by atoms with Crippen molar-refractivity contribution in [3.05, 3.63) is 40.6 Å². The second kappa shape index (κ2) is 7.77. The van der Waals surface area contributed by atoms with Crippen LogP contribution in [0.1, 0.15) is 11.5 Å². The Morgan fingerprint density at radius 1 is 1.44 bits per heavy atom. The molecule has 134 valence electrons. The summed E-state index contributed by atoms with van der Waals surface area (Å²) in [5, 5.41) is 4.43. The van der Waals surface area contributed by atoms with Gasteiger partial charge in [-0.25, -0.2) is 4.68 Å². The Labute approximate surface area is 150 Å². The molecule has 1 aliphatic rings. The zero-order chi connectivity index (χ0) is 17.8. The van der Waals surface area contributed by atoms with Crippen LogP contribution >= 0.6 is 12.2 Å². The number of benzene rings is 1. The minimum Gasteiger partial charge on any atom is -0.497 e. The molecule has 0 aliphatic carbocycles. The van der Waals surface area contributed by atoms with Crippen molar-refractivity contribution in [1.82, 2.24) is 14.7 Å². The maximum atomic E-state index is 11.3. The van der Waals surface area contributed by atoms with Gasteiger partial charge in [0.15, 0.2) is 0 Å². The Balaban J connectivity index is 1.65. The fourth-order valence-electron chi connectivity index (χ4n) is 2.62. The van der Waals surface area contributed by atoms with Gasteiger partial charge in [0, 0.05) is 13.1 Å². The molecule has 3 rings (SSSR count). The third-order valence-electron chi connectivity index (χ3n) is 3.96. The number of ether oxygens (including phenoxy) is 2.